The van der Waals surface area contributed by atoms with Crippen molar-refractivity contribution in [2.24, 2.45) is 0 Å². The predicted molar refractivity (Wildman–Crippen MR) is 86.1 cm³/mol. The molecule has 21 heavy (non-hydrogen) atoms. The normalized spacial score (nSPS) is 24.0. The molecule has 3 atom stereocenters. The topological polar surface area (TPSA) is 35.6 Å². The van der Waals surface area contributed by atoms with E-state index in [1.807, 2.05) is 11.8 Å². The third-order valence-corrected chi connectivity index (χ3v) is 4.44. The van der Waals surface area contributed by atoms with Crippen molar-refractivity contribution in [2.45, 2.75) is 45.9 Å². The van der Waals surface area contributed by atoms with E-state index >= 15 is 0 Å². The van der Waals surface area contributed by atoms with Gasteiger partial charge >= 0.3 is 0 Å². The fraction of sp³-hybridized carbons (Fsp3) is 0.588. The molecule has 4 heteroatoms. The summed E-state index contributed by atoms with van der Waals surface area (Å²) < 4.78 is 0. The van der Waals surface area contributed by atoms with Crippen LogP contribution >= 0.6 is 0 Å². The SMILES string of the molecule is Cc1ccc(C)c(C2NC(C)C(=O)N2CC(C)N(C)C)c1. The molecule has 1 amide bonds. The van der Waals surface area contributed by atoms with E-state index in [1.54, 1.807) is 0 Å². The molecule has 1 fully saturated rings. The Morgan fingerprint density at radius 3 is 2.62 bits per heavy atom. The van der Waals surface area contributed by atoms with Gasteiger partial charge in [0.1, 0.15) is 6.17 Å². The molecule has 1 aliphatic rings. The molecule has 1 heterocycles. The van der Waals surface area contributed by atoms with E-state index in [-0.39, 0.29) is 18.1 Å². The number of nitrogens with one attached hydrogen (secondary N) is 1. The summed E-state index contributed by atoms with van der Waals surface area (Å²) in [7, 11) is 4.10. The lowest BCUT2D eigenvalue weighted by molar-refractivity contribution is -0.130. The fourth-order valence-electron chi connectivity index (χ4n) is 2.73. The Morgan fingerprint density at radius 2 is 2.00 bits per heavy atom. The Hall–Kier alpha value is -1.39. The number of carbonyl (C=O) groups excluding carboxylic acids is 1. The minimum Gasteiger partial charge on any atom is -0.320 e. The molecule has 2 rings (SSSR count). The summed E-state index contributed by atoms with van der Waals surface area (Å²) in [6.07, 6.45) is -0.0187. The minimum atomic E-state index is -0.121. The van der Waals surface area contributed by atoms with Gasteiger partial charge in [0, 0.05) is 12.6 Å². The van der Waals surface area contributed by atoms with Crippen LogP contribution in [-0.2, 0) is 4.79 Å². The average Bonchev–Trinajstić information content (AvgIpc) is 2.69. The lowest BCUT2D eigenvalue weighted by Crippen LogP contribution is -2.41. The van der Waals surface area contributed by atoms with E-state index in [1.165, 1.54) is 16.7 Å². The summed E-state index contributed by atoms with van der Waals surface area (Å²) in [4.78, 5) is 16.6. The highest BCUT2D eigenvalue weighted by molar-refractivity contribution is 5.84. The van der Waals surface area contributed by atoms with Gasteiger partial charge in [0.25, 0.3) is 0 Å². The van der Waals surface area contributed by atoms with Gasteiger partial charge < -0.3 is 9.80 Å². The van der Waals surface area contributed by atoms with Crippen molar-refractivity contribution in [1.29, 1.82) is 0 Å². The molecule has 0 radical (unpaired) electrons. The Balaban J connectivity index is 2.31. The molecular weight excluding hydrogens is 262 g/mol. The van der Waals surface area contributed by atoms with Crippen molar-refractivity contribution in [3.05, 3.63) is 34.9 Å². The summed E-state index contributed by atoms with van der Waals surface area (Å²) in [6, 6.07) is 6.64. The number of nitrogens with zero attached hydrogens (tertiary/aromatic N) is 2. The molecule has 1 N–H and O–H groups in total. The highest BCUT2D eigenvalue weighted by Gasteiger charge is 2.38. The number of rotatable bonds is 4. The van der Waals surface area contributed by atoms with Gasteiger partial charge in [0.05, 0.1) is 6.04 Å². The first-order chi connectivity index (χ1) is 9.81. The minimum absolute atomic E-state index is 0.0187. The van der Waals surface area contributed by atoms with Crippen LogP contribution in [0.3, 0.4) is 0 Å². The second-order valence-corrected chi connectivity index (χ2v) is 6.45. The lowest BCUT2D eigenvalue weighted by atomic mass is 10.0. The molecule has 0 aliphatic carbocycles. The zero-order chi connectivity index (χ0) is 15.7. The number of hydrogen-bond acceptors (Lipinski definition) is 3. The van der Waals surface area contributed by atoms with Crippen LogP contribution in [0.15, 0.2) is 18.2 Å². The Kier molecular flexibility index (Phi) is 4.69. The number of carbonyl (C=O) groups is 1. The molecule has 3 unspecified atom stereocenters. The van der Waals surface area contributed by atoms with Crippen molar-refractivity contribution in [2.75, 3.05) is 20.6 Å². The standard InChI is InChI=1S/C17H27N3O/c1-11-7-8-12(2)15(9-11)16-18-14(4)17(21)20(16)10-13(3)19(5)6/h7-9,13-14,16,18H,10H2,1-6H3. The number of aryl methyl sites for hydroxylation is 2. The summed E-state index contributed by atoms with van der Waals surface area (Å²) in [6.45, 7) is 9.03. The number of benzene rings is 1. The van der Waals surface area contributed by atoms with Crippen LogP contribution in [-0.4, -0.2) is 48.4 Å². The van der Waals surface area contributed by atoms with E-state index < -0.39 is 0 Å². The monoisotopic (exact) mass is 289 g/mol. The molecule has 116 valence electrons. The Morgan fingerprint density at radius 1 is 1.33 bits per heavy atom. The molecule has 0 aromatic heterocycles. The largest absolute Gasteiger partial charge is 0.320 e. The van der Waals surface area contributed by atoms with E-state index in [0.717, 1.165) is 6.54 Å². The van der Waals surface area contributed by atoms with Crippen LogP contribution in [0.1, 0.15) is 36.7 Å². The maximum absolute atomic E-state index is 12.5. The molecule has 1 aromatic carbocycles. The summed E-state index contributed by atoms with van der Waals surface area (Å²) >= 11 is 0. The predicted octanol–water partition coefficient (Wildman–Crippen LogP) is 2.07. The smallest absolute Gasteiger partial charge is 0.241 e. The first-order valence-corrected chi connectivity index (χ1v) is 7.61. The van der Waals surface area contributed by atoms with Crippen molar-refractivity contribution in [3.8, 4) is 0 Å². The second-order valence-electron chi connectivity index (χ2n) is 6.45. The first-order valence-electron chi connectivity index (χ1n) is 7.61. The molecule has 1 aromatic rings. The van der Waals surface area contributed by atoms with Gasteiger partial charge in [0.15, 0.2) is 0 Å². The van der Waals surface area contributed by atoms with Gasteiger partial charge in [-0.3, -0.25) is 10.1 Å². The van der Waals surface area contributed by atoms with Gasteiger partial charge in [-0.05, 0) is 52.9 Å². The van der Waals surface area contributed by atoms with Gasteiger partial charge in [-0.1, -0.05) is 23.8 Å². The first kappa shape index (κ1) is 16.0. The van der Waals surface area contributed by atoms with Crippen molar-refractivity contribution < 1.29 is 4.79 Å². The molecule has 1 saturated heterocycles. The molecule has 1 aliphatic heterocycles. The maximum atomic E-state index is 12.5. The second kappa shape index (κ2) is 6.16. The molecule has 0 saturated carbocycles. The van der Waals surface area contributed by atoms with E-state index in [4.69, 9.17) is 0 Å². The van der Waals surface area contributed by atoms with E-state index in [9.17, 15) is 4.79 Å². The van der Waals surface area contributed by atoms with Crippen LogP contribution in [0.25, 0.3) is 0 Å². The highest BCUT2D eigenvalue weighted by atomic mass is 16.2. The van der Waals surface area contributed by atoms with Crippen molar-refractivity contribution in [3.63, 3.8) is 0 Å². The van der Waals surface area contributed by atoms with Crippen LogP contribution in [0.4, 0.5) is 0 Å². The third-order valence-electron chi connectivity index (χ3n) is 4.44. The number of amides is 1. The molecule has 0 bridgehead atoms. The van der Waals surface area contributed by atoms with Crippen LogP contribution in [0.2, 0.25) is 0 Å². The highest BCUT2D eigenvalue weighted by Crippen LogP contribution is 2.28. The molecule has 4 nitrogen and oxygen atoms in total. The van der Waals surface area contributed by atoms with Gasteiger partial charge in [-0.25, -0.2) is 0 Å². The molecular formula is C17H27N3O. The lowest BCUT2D eigenvalue weighted by Gasteiger charge is -2.31. The summed E-state index contributed by atoms with van der Waals surface area (Å²) in [5, 5.41) is 3.44. The summed E-state index contributed by atoms with van der Waals surface area (Å²) in [5.74, 6) is 0.189. The van der Waals surface area contributed by atoms with Crippen LogP contribution in [0.5, 0.6) is 0 Å². The maximum Gasteiger partial charge on any atom is 0.241 e. The van der Waals surface area contributed by atoms with Crippen molar-refractivity contribution >= 4 is 5.91 Å². The Bertz CT molecular complexity index is 527. The summed E-state index contributed by atoms with van der Waals surface area (Å²) in [5.41, 5.74) is 3.66. The van der Waals surface area contributed by atoms with Gasteiger partial charge in [-0.2, -0.15) is 0 Å². The zero-order valence-corrected chi connectivity index (χ0v) is 14.0. The number of hydrogen-bond donors (Lipinski definition) is 1. The zero-order valence-electron chi connectivity index (χ0n) is 14.0. The van der Waals surface area contributed by atoms with Crippen LogP contribution in [0, 0.1) is 13.8 Å². The van der Waals surface area contributed by atoms with E-state index in [2.05, 4.69) is 63.3 Å². The third kappa shape index (κ3) is 3.27. The van der Waals surface area contributed by atoms with Crippen LogP contribution < -0.4 is 5.32 Å². The Labute approximate surface area is 128 Å². The van der Waals surface area contributed by atoms with E-state index in [0.29, 0.717) is 6.04 Å². The van der Waals surface area contributed by atoms with Crippen molar-refractivity contribution in [1.82, 2.24) is 15.1 Å². The number of likely N-dealkylation sites (N-methyl/N-ethyl adjacent to an activating group) is 1. The fourth-order valence-corrected chi connectivity index (χ4v) is 2.73. The quantitative estimate of drug-likeness (QED) is 0.922. The van der Waals surface area contributed by atoms with Gasteiger partial charge in [0.2, 0.25) is 5.91 Å². The molecule has 0 spiro atoms. The van der Waals surface area contributed by atoms with Gasteiger partial charge in [-0.15, -0.1) is 0 Å². The average molecular weight is 289 g/mol.